The van der Waals surface area contributed by atoms with Crippen LogP contribution in [0.1, 0.15) is 11.3 Å². The van der Waals surface area contributed by atoms with Gasteiger partial charge in [-0.25, -0.2) is 4.68 Å². The largest absolute Gasteiger partial charge is 0.437 e. The Labute approximate surface area is 120 Å². The van der Waals surface area contributed by atoms with Gasteiger partial charge in [-0.15, -0.1) is 0 Å². The van der Waals surface area contributed by atoms with Gasteiger partial charge in [0.1, 0.15) is 22.2 Å². The number of nitrogens with zero attached hydrogens (tertiary/aromatic N) is 2. The van der Waals surface area contributed by atoms with Crippen molar-refractivity contribution in [2.24, 2.45) is 12.8 Å². The summed E-state index contributed by atoms with van der Waals surface area (Å²) in [5.41, 5.74) is 6.60. The van der Waals surface area contributed by atoms with Crippen molar-refractivity contribution in [3.63, 3.8) is 0 Å². The number of amidine groups is 1. The maximum atomic E-state index is 7.58. The smallest absolute Gasteiger partial charge is 0.228 e. The number of aryl methyl sites for hydroxylation is 2. The molecule has 0 fully saturated rings. The van der Waals surface area contributed by atoms with E-state index in [4.69, 9.17) is 39.1 Å². The lowest BCUT2D eigenvalue weighted by Crippen LogP contribution is -2.13. The molecule has 0 bridgehead atoms. The molecule has 3 N–H and O–H groups in total. The van der Waals surface area contributed by atoms with Crippen LogP contribution in [0.2, 0.25) is 10.0 Å². The van der Waals surface area contributed by atoms with Gasteiger partial charge in [-0.2, -0.15) is 5.10 Å². The molecular formula is C12H12Cl2N4O. The van der Waals surface area contributed by atoms with Gasteiger partial charge in [-0.05, 0) is 19.1 Å². The number of nitrogens with one attached hydrogen (secondary N) is 1. The molecule has 5 nitrogen and oxygen atoms in total. The number of ether oxygens (including phenoxy) is 1. The van der Waals surface area contributed by atoms with Gasteiger partial charge >= 0.3 is 0 Å². The van der Waals surface area contributed by atoms with Crippen molar-refractivity contribution < 1.29 is 4.74 Å². The molecule has 7 heteroatoms. The average molecular weight is 299 g/mol. The molecule has 0 aliphatic rings. The maximum Gasteiger partial charge on any atom is 0.228 e. The second-order valence-corrected chi connectivity index (χ2v) is 4.74. The molecule has 0 spiro atoms. The monoisotopic (exact) mass is 298 g/mol. The summed E-state index contributed by atoms with van der Waals surface area (Å²) in [6, 6.07) is 5.07. The van der Waals surface area contributed by atoms with Gasteiger partial charge in [0.2, 0.25) is 5.88 Å². The van der Waals surface area contributed by atoms with Gasteiger partial charge in [0.05, 0.1) is 10.7 Å². The molecule has 0 radical (unpaired) electrons. The van der Waals surface area contributed by atoms with Gasteiger partial charge in [0.25, 0.3) is 0 Å². The molecule has 19 heavy (non-hydrogen) atoms. The number of nitrogens with two attached hydrogens (primary N) is 1. The summed E-state index contributed by atoms with van der Waals surface area (Å²) in [6.45, 7) is 1.75. The predicted molar refractivity (Wildman–Crippen MR) is 75.5 cm³/mol. The molecule has 1 aromatic carbocycles. The van der Waals surface area contributed by atoms with E-state index in [2.05, 4.69) is 5.10 Å². The van der Waals surface area contributed by atoms with Gasteiger partial charge in [0.15, 0.2) is 0 Å². The van der Waals surface area contributed by atoms with E-state index in [0.29, 0.717) is 32.9 Å². The van der Waals surface area contributed by atoms with Crippen molar-refractivity contribution in [1.82, 2.24) is 9.78 Å². The predicted octanol–water partition coefficient (Wildman–Crippen LogP) is 3.11. The van der Waals surface area contributed by atoms with Gasteiger partial charge in [-0.1, -0.05) is 29.3 Å². The number of benzene rings is 1. The highest BCUT2D eigenvalue weighted by Crippen LogP contribution is 2.35. The van der Waals surface area contributed by atoms with Gasteiger partial charge in [0, 0.05) is 7.05 Å². The van der Waals surface area contributed by atoms with Crippen LogP contribution in [-0.2, 0) is 7.05 Å². The third-order valence-electron chi connectivity index (χ3n) is 2.56. The first-order chi connectivity index (χ1) is 8.91. The lowest BCUT2D eigenvalue weighted by molar-refractivity contribution is 0.430. The highest BCUT2D eigenvalue weighted by Gasteiger charge is 2.19. The zero-order chi connectivity index (χ0) is 14.2. The van der Waals surface area contributed by atoms with E-state index < -0.39 is 0 Å². The Morgan fingerprint density at radius 1 is 1.42 bits per heavy atom. The third kappa shape index (κ3) is 2.52. The van der Waals surface area contributed by atoms with Crippen molar-refractivity contribution in [2.75, 3.05) is 0 Å². The van der Waals surface area contributed by atoms with E-state index in [-0.39, 0.29) is 5.84 Å². The quantitative estimate of drug-likeness (QED) is 0.675. The molecule has 0 amide bonds. The zero-order valence-corrected chi connectivity index (χ0v) is 11.9. The molecule has 0 aliphatic carbocycles. The molecule has 0 saturated carbocycles. The maximum absolute atomic E-state index is 7.58. The van der Waals surface area contributed by atoms with Crippen LogP contribution in [0.25, 0.3) is 0 Å². The molecule has 1 aromatic heterocycles. The van der Waals surface area contributed by atoms with Crippen LogP contribution in [0, 0.1) is 12.3 Å². The molecule has 0 atom stereocenters. The standard InChI is InChI=1S/C12H12Cl2N4O/c1-6-9(11(15)16)12(18(2)17-6)19-8-5-3-4-7(13)10(8)14/h3-5H,1-2H3,(H3,15,16). The SMILES string of the molecule is Cc1nn(C)c(Oc2cccc(Cl)c2Cl)c1C(=N)N. The van der Waals surface area contributed by atoms with E-state index in [1.54, 1.807) is 32.2 Å². The van der Waals surface area contributed by atoms with Crippen LogP contribution in [-0.4, -0.2) is 15.6 Å². The van der Waals surface area contributed by atoms with Gasteiger partial charge < -0.3 is 10.5 Å². The number of rotatable bonds is 3. The first kappa shape index (κ1) is 13.7. The minimum Gasteiger partial charge on any atom is -0.437 e. The van der Waals surface area contributed by atoms with Crippen molar-refractivity contribution in [3.8, 4) is 11.6 Å². The molecular weight excluding hydrogens is 287 g/mol. The Balaban J connectivity index is 2.49. The van der Waals surface area contributed by atoms with Gasteiger partial charge in [-0.3, -0.25) is 5.41 Å². The number of aromatic nitrogens is 2. The third-order valence-corrected chi connectivity index (χ3v) is 3.36. The number of hydrogen-bond acceptors (Lipinski definition) is 3. The minimum absolute atomic E-state index is 0.112. The van der Waals surface area contributed by atoms with Crippen molar-refractivity contribution >= 4 is 29.0 Å². The summed E-state index contributed by atoms with van der Waals surface area (Å²) >= 11 is 12.0. The average Bonchev–Trinajstić information content (AvgIpc) is 2.60. The number of halogens is 2. The van der Waals surface area contributed by atoms with Crippen LogP contribution >= 0.6 is 23.2 Å². The highest BCUT2D eigenvalue weighted by atomic mass is 35.5. The van der Waals surface area contributed by atoms with Crippen LogP contribution in [0.4, 0.5) is 0 Å². The Hall–Kier alpha value is -1.72. The van der Waals surface area contributed by atoms with E-state index in [1.807, 2.05) is 0 Å². The summed E-state index contributed by atoms with van der Waals surface area (Å²) in [7, 11) is 1.70. The first-order valence-corrected chi connectivity index (χ1v) is 6.17. The van der Waals surface area contributed by atoms with Crippen LogP contribution in [0.3, 0.4) is 0 Å². The number of nitrogen functional groups attached to an aromatic ring is 1. The normalized spacial score (nSPS) is 10.5. The van der Waals surface area contributed by atoms with E-state index >= 15 is 0 Å². The van der Waals surface area contributed by atoms with Crippen LogP contribution in [0.5, 0.6) is 11.6 Å². The van der Waals surface area contributed by atoms with E-state index in [0.717, 1.165) is 0 Å². The van der Waals surface area contributed by atoms with Crippen molar-refractivity contribution in [2.45, 2.75) is 6.92 Å². The fraction of sp³-hybridized carbons (Fsp3) is 0.167. The summed E-state index contributed by atoms with van der Waals surface area (Å²) < 4.78 is 7.20. The summed E-state index contributed by atoms with van der Waals surface area (Å²) in [6.07, 6.45) is 0. The second kappa shape index (κ2) is 5.11. The molecule has 100 valence electrons. The highest BCUT2D eigenvalue weighted by molar-refractivity contribution is 6.42. The summed E-state index contributed by atoms with van der Waals surface area (Å²) in [5.74, 6) is 0.632. The zero-order valence-electron chi connectivity index (χ0n) is 10.4. The molecule has 0 aliphatic heterocycles. The Morgan fingerprint density at radius 2 is 2.11 bits per heavy atom. The fourth-order valence-corrected chi connectivity index (χ4v) is 2.06. The van der Waals surface area contributed by atoms with Crippen LogP contribution in [0.15, 0.2) is 18.2 Å². The van der Waals surface area contributed by atoms with Crippen LogP contribution < -0.4 is 10.5 Å². The number of hydrogen-bond donors (Lipinski definition) is 2. The summed E-state index contributed by atoms with van der Waals surface area (Å²) in [4.78, 5) is 0. The molecule has 1 heterocycles. The first-order valence-electron chi connectivity index (χ1n) is 5.41. The Bertz CT molecular complexity index is 651. The molecule has 2 aromatic rings. The lowest BCUT2D eigenvalue weighted by atomic mass is 10.2. The molecule has 0 saturated heterocycles. The molecule has 0 unspecified atom stereocenters. The van der Waals surface area contributed by atoms with E-state index in [1.165, 1.54) is 4.68 Å². The second-order valence-electron chi connectivity index (χ2n) is 3.96. The Kier molecular flexibility index (Phi) is 3.68. The topological polar surface area (TPSA) is 76.9 Å². The minimum atomic E-state index is -0.112. The Morgan fingerprint density at radius 3 is 2.74 bits per heavy atom. The lowest BCUT2D eigenvalue weighted by Gasteiger charge is -2.10. The van der Waals surface area contributed by atoms with Crippen molar-refractivity contribution in [3.05, 3.63) is 39.5 Å². The fourth-order valence-electron chi connectivity index (χ4n) is 1.73. The summed E-state index contributed by atoms with van der Waals surface area (Å²) in [5, 5.41) is 12.4. The van der Waals surface area contributed by atoms with E-state index in [9.17, 15) is 0 Å². The molecule has 2 rings (SSSR count). The van der Waals surface area contributed by atoms with Crippen molar-refractivity contribution in [1.29, 1.82) is 5.41 Å².